The third kappa shape index (κ3) is 3.09. The Balaban J connectivity index is 2.30. The minimum absolute atomic E-state index is 0.0271. The minimum atomic E-state index is -0.345. The van der Waals surface area contributed by atoms with E-state index in [0.717, 1.165) is 0 Å². The van der Waals surface area contributed by atoms with Gasteiger partial charge < -0.3 is 9.47 Å². The number of ether oxygens (including phenoxy) is 2. The molecule has 20 heavy (non-hydrogen) atoms. The average molecular weight is 336 g/mol. The van der Waals surface area contributed by atoms with Crippen LogP contribution in [-0.4, -0.2) is 7.11 Å². The van der Waals surface area contributed by atoms with E-state index in [2.05, 4.69) is 15.9 Å². The summed E-state index contributed by atoms with van der Waals surface area (Å²) in [6, 6.07) is 11.7. The predicted octanol–water partition coefficient (Wildman–Crippen LogP) is 4.05. The van der Waals surface area contributed by atoms with Crippen molar-refractivity contribution in [1.82, 2.24) is 0 Å². The Morgan fingerprint density at radius 1 is 1.30 bits per heavy atom. The van der Waals surface area contributed by atoms with Gasteiger partial charge in [-0.05, 0) is 18.2 Å². The van der Waals surface area contributed by atoms with Crippen molar-refractivity contribution in [2.75, 3.05) is 7.11 Å². The third-order valence-corrected chi connectivity index (χ3v) is 3.15. The number of methoxy groups -OCH3 is 1. The SMILES string of the molecule is COc1cc(Br)cc(C#N)c1OCc1ccccc1F. The molecule has 0 N–H and O–H groups in total. The molecule has 2 aromatic carbocycles. The molecule has 0 radical (unpaired) electrons. The highest BCUT2D eigenvalue weighted by Crippen LogP contribution is 2.35. The van der Waals surface area contributed by atoms with Gasteiger partial charge >= 0.3 is 0 Å². The molecule has 3 nitrogen and oxygen atoms in total. The number of benzene rings is 2. The van der Waals surface area contributed by atoms with E-state index in [0.29, 0.717) is 27.1 Å². The standard InChI is InChI=1S/C15H11BrFNO2/c1-19-14-7-12(16)6-11(8-18)15(14)20-9-10-4-2-3-5-13(10)17/h2-7H,9H2,1H3. The molecule has 2 aromatic rings. The van der Waals surface area contributed by atoms with Gasteiger partial charge in [-0.15, -0.1) is 0 Å². The first-order valence-corrected chi connectivity index (χ1v) is 6.59. The molecule has 0 bridgehead atoms. The van der Waals surface area contributed by atoms with Crippen molar-refractivity contribution in [3.63, 3.8) is 0 Å². The molecule has 0 spiro atoms. The molecule has 0 unspecified atom stereocenters. The molecule has 102 valence electrons. The number of hydrogen-bond donors (Lipinski definition) is 0. The lowest BCUT2D eigenvalue weighted by atomic mass is 10.2. The highest BCUT2D eigenvalue weighted by atomic mass is 79.9. The first kappa shape index (κ1) is 14.4. The molecule has 5 heteroatoms. The van der Waals surface area contributed by atoms with Gasteiger partial charge in [-0.25, -0.2) is 4.39 Å². The van der Waals surface area contributed by atoms with Gasteiger partial charge in [0.05, 0.1) is 12.7 Å². The first-order valence-electron chi connectivity index (χ1n) is 5.79. The Morgan fingerprint density at radius 3 is 2.70 bits per heavy atom. The lowest BCUT2D eigenvalue weighted by molar-refractivity contribution is 0.279. The average Bonchev–Trinajstić information content (AvgIpc) is 2.46. The van der Waals surface area contributed by atoms with E-state index >= 15 is 0 Å². The van der Waals surface area contributed by atoms with Crippen LogP contribution in [0.3, 0.4) is 0 Å². The van der Waals surface area contributed by atoms with Crippen LogP contribution < -0.4 is 9.47 Å². The van der Waals surface area contributed by atoms with Crippen LogP contribution in [0.1, 0.15) is 11.1 Å². The molecular weight excluding hydrogens is 325 g/mol. The van der Waals surface area contributed by atoms with Crippen LogP contribution in [0.5, 0.6) is 11.5 Å². The molecule has 0 fully saturated rings. The number of nitrogens with zero attached hydrogens (tertiary/aromatic N) is 1. The van der Waals surface area contributed by atoms with Gasteiger partial charge in [0.25, 0.3) is 0 Å². The van der Waals surface area contributed by atoms with E-state index < -0.39 is 0 Å². The number of hydrogen-bond acceptors (Lipinski definition) is 3. The van der Waals surface area contributed by atoms with Crippen LogP contribution in [0.15, 0.2) is 40.9 Å². The molecule has 0 aromatic heterocycles. The summed E-state index contributed by atoms with van der Waals surface area (Å²) in [6.07, 6.45) is 0. The van der Waals surface area contributed by atoms with Crippen LogP contribution in [0.25, 0.3) is 0 Å². The van der Waals surface area contributed by atoms with Crippen molar-refractivity contribution in [1.29, 1.82) is 5.26 Å². The summed E-state index contributed by atoms with van der Waals surface area (Å²) < 4.78 is 25.0. The Kier molecular flexibility index (Phi) is 4.59. The molecule has 0 aliphatic heterocycles. The second kappa shape index (κ2) is 6.40. The monoisotopic (exact) mass is 335 g/mol. The molecule has 0 saturated carbocycles. The van der Waals surface area contributed by atoms with E-state index in [1.165, 1.54) is 13.2 Å². The fraction of sp³-hybridized carbons (Fsp3) is 0.133. The largest absolute Gasteiger partial charge is 0.493 e. The van der Waals surface area contributed by atoms with E-state index in [9.17, 15) is 4.39 Å². The van der Waals surface area contributed by atoms with Crippen molar-refractivity contribution >= 4 is 15.9 Å². The summed E-state index contributed by atoms with van der Waals surface area (Å²) in [4.78, 5) is 0. The minimum Gasteiger partial charge on any atom is -0.493 e. The zero-order valence-electron chi connectivity index (χ0n) is 10.7. The van der Waals surface area contributed by atoms with Crippen LogP contribution >= 0.6 is 15.9 Å². The molecule has 0 heterocycles. The van der Waals surface area contributed by atoms with Crippen molar-refractivity contribution < 1.29 is 13.9 Å². The summed E-state index contributed by atoms with van der Waals surface area (Å²) in [6.45, 7) is 0.0271. The van der Waals surface area contributed by atoms with Crippen LogP contribution in [0, 0.1) is 17.1 Å². The molecule has 0 saturated heterocycles. The lowest BCUT2D eigenvalue weighted by Gasteiger charge is -2.13. The van der Waals surface area contributed by atoms with E-state index in [1.807, 2.05) is 6.07 Å². The Labute approximate surface area is 124 Å². The molecule has 0 aliphatic carbocycles. The number of rotatable bonds is 4. The Morgan fingerprint density at radius 2 is 2.05 bits per heavy atom. The van der Waals surface area contributed by atoms with Gasteiger partial charge in [-0.1, -0.05) is 34.1 Å². The van der Waals surface area contributed by atoms with Crippen molar-refractivity contribution in [3.8, 4) is 17.6 Å². The zero-order chi connectivity index (χ0) is 14.5. The number of halogens is 2. The van der Waals surface area contributed by atoms with Gasteiger partial charge in [0.2, 0.25) is 0 Å². The molecule has 0 atom stereocenters. The summed E-state index contributed by atoms with van der Waals surface area (Å²) in [5.41, 5.74) is 0.744. The highest BCUT2D eigenvalue weighted by molar-refractivity contribution is 9.10. The fourth-order valence-electron chi connectivity index (χ4n) is 1.72. The normalized spacial score (nSPS) is 9.90. The quantitative estimate of drug-likeness (QED) is 0.846. The third-order valence-electron chi connectivity index (χ3n) is 2.69. The molecule has 0 aliphatic rings. The fourth-order valence-corrected chi connectivity index (χ4v) is 2.15. The van der Waals surface area contributed by atoms with E-state index in [4.69, 9.17) is 14.7 Å². The predicted molar refractivity (Wildman–Crippen MR) is 76.1 cm³/mol. The van der Waals surface area contributed by atoms with Crippen LogP contribution in [0.2, 0.25) is 0 Å². The highest BCUT2D eigenvalue weighted by Gasteiger charge is 2.13. The maximum atomic E-state index is 13.5. The van der Waals surface area contributed by atoms with Crippen molar-refractivity contribution in [3.05, 3.63) is 57.8 Å². The van der Waals surface area contributed by atoms with Gasteiger partial charge in [0.15, 0.2) is 11.5 Å². The second-order valence-corrected chi connectivity index (χ2v) is 4.89. The summed E-state index contributed by atoms with van der Waals surface area (Å²) in [5, 5.41) is 9.13. The summed E-state index contributed by atoms with van der Waals surface area (Å²) >= 11 is 3.29. The summed E-state index contributed by atoms with van der Waals surface area (Å²) in [7, 11) is 1.49. The Bertz CT molecular complexity index is 667. The van der Waals surface area contributed by atoms with Gasteiger partial charge in [0.1, 0.15) is 18.5 Å². The first-order chi connectivity index (χ1) is 9.65. The van der Waals surface area contributed by atoms with Gasteiger partial charge in [-0.3, -0.25) is 0 Å². The smallest absolute Gasteiger partial charge is 0.179 e. The van der Waals surface area contributed by atoms with Crippen molar-refractivity contribution in [2.24, 2.45) is 0 Å². The van der Waals surface area contributed by atoms with Gasteiger partial charge in [-0.2, -0.15) is 5.26 Å². The van der Waals surface area contributed by atoms with Crippen molar-refractivity contribution in [2.45, 2.75) is 6.61 Å². The topological polar surface area (TPSA) is 42.2 Å². The molecular formula is C15H11BrFNO2. The maximum absolute atomic E-state index is 13.5. The van der Waals surface area contributed by atoms with Gasteiger partial charge in [0, 0.05) is 10.0 Å². The maximum Gasteiger partial charge on any atom is 0.179 e. The zero-order valence-corrected chi connectivity index (χ0v) is 12.3. The number of nitriles is 1. The van der Waals surface area contributed by atoms with Crippen LogP contribution in [0.4, 0.5) is 4.39 Å². The second-order valence-electron chi connectivity index (χ2n) is 3.98. The van der Waals surface area contributed by atoms with E-state index in [-0.39, 0.29) is 12.4 Å². The molecule has 0 amide bonds. The summed E-state index contributed by atoms with van der Waals surface area (Å²) in [5.74, 6) is 0.385. The van der Waals surface area contributed by atoms with Crippen LogP contribution in [-0.2, 0) is 6.61 Å². The molecule has 2 rings (SSSR count). The lowest BCUT2D eigenvalue weighted by Crippen LogP contribution is -2.01. The van der Waals surface area contributed by atoms with E-state index in [1.54, 1.807) is 30.3 Å². The Hall–Kier alpha value is -2.06.